The fourth-order valence-electron chi connectivity index (χ4n) is 0.461. The molecule has 7 nitrogen and oxygen atoms in total. The molecule has 1 atom stereocenters. The Hall–Kier alpha value is -1.34. The highest BCUT2D eigenvalue weighted by molar-refractivity contribution is 5.72. The van der Waals surface area contributed by atoms with E-state index in [-0.39, 0.29) is 0 Å². The maximum Gasteiger partial charge on any atom is 0.503 e. The standard InChI is InChI=1S/C5H12N2O2.CH2O3/c6-3-1-2-4(7)5(8)9;2-1(3)4/h4H,1-3,6-7H2,(H,8,9);(H2,2,3,4)/t4-;/m0./s1. The predicted octanol–water partition coefficient (Wildman–Crippen LogP) is -0.640. The second kappa shape index (κ2) is 8.75. The quantitative estimate of drug-likeness (QED) is 0.399. The third-order valence-corrected chi connectivity index (χ3v) is 1.04. The molecule has 0 aromatic rings. The maximum absolute atomic E-state index is 10.0. The predicted molar refractivity (Wildman–Crippen MR) is 44.6 cm³/mol. The molecule has 78 valence electrons. The maximum atomic E-state index is 10.0. The van der Waals surface area contributed by atoms with E-state index in [0.717, 1.165) is 0 Å². The van der Waals surface area contributed by atoms with E-state index < -0.39 is 18.2 Å². The molecule has 0 unspecified atom stereocenters. The lowest BCUT2D eigenvalue weighted by atomic mass is 10.2. The van der Waals surface area contributed by atoms with Gasteiger partial charge in [-0.3, -0.25) is 4.79 Å². The monoisotopic (exact) mass is 194 g/mol. The van der Waals surface area contributed by atoms with E-state index in [1.165, 1.54) is 0 Å². The Bertz CT molecular complexity index is 157. The number of nitrogens with two attached hydrogens (primary N) is 2. The summed E-state index contributed by atoms with van der Waals surface area (Å²) in [6.45, 7) is 0.501. The third kappa shape index (κ3) is 18.0. The average molecular weight is 194 g/mol. The Labute approximate surface area is 75.0 Å². The van der Waals surface area contributed by atoms with Crippen LogP contribution in [0.25, 0.3) is 0 Å². The van der Waals surface area contributed by atoms with Crippen molar-refractivity contribution >= 4 is 12.1 Å². The number of hydrogen-bond donors (Lipinski definition) is 5. The van der Waals surface area contributed by atoms with Crippen LogP contribution in [0.3, 0.4) is 0 Å². The lowest BCUT2D eigenvalue weighted by molar-refractivity contribution is -0.138. The highest BCUT2D eigenvalue weighted by Gasteiger charge is 2.08. The van der Waals surface area contributed by atoms with Crippen LogP contribution < -0.4 is 11.5 Å². The van der Waals surface area contributed by atoms with Gasteiger partial charge in [0.2, 0.25) is 0 Å². The lowest BCUT2D eigenvalue weighted by Crippen LogP contribution is -2.30. The highest BCUT2D eigenvalue weighted by atomic mass is 16.6. The molecule has 7 N–H and O–H groups in total. The van der Waals surface area contributed by atoms with Crippen LogP contribution in [0.4, 0.5) is 4.79 Å². The average Bonchev–Trinajstić information content (AvgIpc) is 1.98. The van der Waals surface area contributed by atoms with Crippen LogP contribution in [0.5, 0.6) is 0 Å². The first-order valence-corrected chi connectivity index (χ1v) is 3.52. The van der Waals surface area contributed by atoms with Crippen molar-refractivity contribution in [2.75, 3.05) is 6.54 Å². The van der Waals surface area contributed by atoms with Gasteiger partial charge in [0.1, 0.15) is 6.04 Å². The molecule has 0 amide bonds. The molecule has 0 fully saturated rings. The van der Waals surface area contributed by atoms with Crippen molar-refractivity contribution in [3.63, 3.8) is 0 Å². The zero-order valence-corrected chi connectivity index (χ0v) is 7.01. The van der Waals surface area contributed by atoms with Crippen LogP contribution in [0.15, 0.2) is 0 Å². The van der Waals surface area contributed by atoms with Crippen molar-refractivity contribution in [1.82, 2.24) is 0 Å². The fourth-order valence-corrected chi connectivity index (χ4v) is 0.461. The molecule has 0 saturated heterocycles. The molecule has 0 rings (SSSR count). The second-order valence-corrected chi connectivity index (χ2v) is 2.16. The molecule has 13 heavy (non-hydrogen) atoms. The SMILES string of the molecule is NCCC[C@H](N)C(=O)O.O=C(O)O. The summed E-state index contributed by atoms with van der Waals surface area (Å²) in [5.41, 5.74) is 10.3. The fraction of sp³-hybridized carbons (Fsp3) is 0.667. The van der Waals surface area contributed by atoms with Crippen LogP contribution in [0.2, 0.25) is 0 Å². The van der Waals surface area contributed by atoms with E-state index in [1.807, 2.05) is 0 Å². The number of carboxylic acid groups (broad SMARTS) is 3. The minimum absolute atomic E-state index is 0.464. The molecule has 7 heteroatoms. The van der Waals surface area contributed by atoms with Crippen LogP contribution in [0.1, 0.15) is 12.8 Å². The summed E-state index contributed by atoms with van der Waals surface area (Å²) in [6.07, 6.45) is -0.695. The second-order valence-electron chi connectivity index (χ2n) is 2.16. The molecule has 0 aliphatic rings. The molecule has 0 aliphatic carbocycles. The van der Waals surface area contributed by atoms with E-state index in [1.54, 1.807) is 0 Å². The van der Waals surface area contributed by atoms with Crippen molar-refractivity contribution in [3.05, 3.63) is 0 Å². The molecule has 0 spiro atoms. The van der Waals surface area contributed by atoms with Gasteiger partial charge in [-0.05, 0) is 19.4 Å². The van der Waals surface area contributed by atoms with E-state index in [4.69, 9.17) is 31.6 Å². The number of carboxylic acids is 1. The number of hydrogen-bond acceptors (Lipinski definition) is 4. The number of aliphatic carboxylic acids is 1. The van der Waals surface area contributed by atoms with E-state index >= 15 is 0 Å². The van der Waals surface area contributed by atoms with Crippen LogP contribution in [0, 0.1) is 0 Å². The Morgan fingerprint density at radius 2 is 1.62 bits per heavy atom. The van der Waals surface area contributed by atoms with E-state index in [0.29, 0.717) is 19.4 Å². The van der Waals surface area contributed by atoms with Crippen molar-refractivity contribution < 1.29 is 24.9 Å². The van der Waals surface area contributed by atoms with Crippen molar-refractivity contribution in [2.24, 2.45) is 11.5 Å². The summed E-state index contributed by atoms with van der Waals surface area (Å²) in [4.78, 5) is 18.6. The summed E-state index contributed by atoms with van der Waals surface area (Å²) in [5.74, 6) is -0.955. The summed E-state index contributed by atoms with van der Waals surface area (Å²) >= 11 is 0. The van der Waals surface area contributed by atoms with Gasteiger partial charge in [-0.25, -0.2) is 4.79 Å². The Balaban J connectivity index is 0. The van der Waals surface area contributed by atoms with Crippen molar-refractivity contribution in [1.29, 1.82) is 0 Å². The first kappa shape index (κ1) is 14.2. The third-order valence-electron chi connectivity index (χ3n) is 1.04. The summed E-state index contributed by atoms with van der Waals surface area (Å²) in [6, 6.07) is -0.742. The molecule has 0 saturated carbocycles. The smallest absolute Gasteiger partial charge is 0.480 e. The molecular weight excluding hydrogens is 180 g/mol. The molecule has 0 aromatic carbocycles. The zero-order valence-electron chi connectivity index (χ0n) is 7.01. The largest absolute Gasteiger partial charge is 0.503 e. The first-order chi connectivity index (χ1) is 5.91. The van der Waals surface area contributed by atoms with Gasteiger partial charge < -0.3 is 26.8 Å². The minimum Gasteiger partial charge on any atom is -0.480 e. The van der Waals surface area contributed by atoms with Crippen molar-refractivity contribution in [2.45, 2.75) is 18.9 Å². The molecular formula is C6H14N2O5. The summed E-state index contributed by atoms with van der Waals surface area (Å²) < 4.78 is 0. The number of carbonyl (C=O) groups is 2. The molecule has 0 bridgehead atoms. The van der Waals surface area contributed by atoms with Gasteiger partial charge in [0.15, 0.2) is 0 Å². The van der Waals surface area contributed by atoms with Gasteiger partial charge in [0, 0.05) is 0 Å². The van der Waals surface area contributed by atoms with E-state index in [9.17, 15) is 4.79 Å². The molecule has 0 aliphatic heterocycles. The van der Waals surface area contributed by atoms with Gasteiger partial charge in [-0.2, -0.15) is 0 Å². The Morgan fingerprint density at radius 1 is 1.23 bits per heavy atom. The Kier molecular flexibility index (Phi) is 9.56. The summed E-state index contributed by atoms with van der Waals surface area (Å²) in [5, 5.41) is 22.2. The van der Waals surface area contributed by atoms with Gasteiger partial charge in [0.25, 0.3) is 0 Å². The first-order valence-electron chi connectivity index (χ1n) is 3.52. The summed E-state index contributed by atoms with van der Waals surface area (Å²) in [7, 11) is 0. The topological polar surface area (TPSA) is 147 Å². The van der Waals surface area contributed by atoms with E-state index in [2.05, 4.69) is 0 Å². The lowest BCUT2D eigenvalue weighted by Gasteiger charge is -2.02. The van der Waals surface area contributed by atoms with Gasteiger partial charge in [0.05, 0.1) is 0 Å². The van der Waals surface area contributed by atoms with Gasteiger partial charge >= 0.3 is 12.1 Å². The molecule has 0 radical (unpaired) electrons. The highest BCUT2D eigenvalue weighted by Crippen LogP contribution is 1.91. The molecule has 0 aromatic heterocycles. The Morgan fingerprint density at radius 3 is 1.85 bits per heavy atom. The number of rotatable bonds is 4. The van der Waals surface area contributed by atoms with Gasteiger partial charge in [-0.15, -0.1) is 0 Å². The van der Waals surface area contributed by atoms with Crippen LogP contribution in [-0.4, -0.2) is 40.0 Å². The van der Waals surface area contributed by atoms with Crippen LogP contribution in [-0.2, 0) is 4.79 Å². The normalized spacial score (nSPS) is 10.9. The minimum atomic E-state index is -1.83. The van der Waals surface area contributed by atoms with Gasteiger partial charge in [-0.1, -0.05) is 0 Å². The molecule has 0 heterocycles. The van der Waals surface area contributed by atoms with Crippen LogP contribution >= 0.6 is 0 Å². The zero-order chi connectivity index (χ0) is 10.9. The van der Waals surface area contributed by atoms with Crippen molar-refractivity contribution in [3.8, 4) is 0 Å².